The van der Waals surface area contributed by atoms with Crippen molar-refractivity contribution in [3.63, 3.8) is 0 Å². The predicted molar refractivity (Wildman–Crippen MR) is 84.9 cm³/mol. The second kappa shape index (κ2) is 8.56. The van der Waals surface area contributed by atoms with Gasteiger partial charge in [-0.1, -0.05) is 18.2 Å². The van der Waals surface area contributed by atoms with Crippen LogP contribution in [0, 0.1) is 0 Å². The summed E-state index contributed by atoms with van der Waals surface area (Å²) in [5.74, 6) is -0.0637. The Hall–Kier alpha value is -1.70. The molecule has 21 heavy (non-hydrogen) atoms. The Bertz CT molecular complexity index is 463. The number of benzene rings is 1. The molecule has 0 aliphatic carbocycles. The van der Waals surface area contributed by atoms with Crippen LogP contribution in [0.2, 0.25) is 0 Å². The molecule has 0 aromatic heterocycles. The minimum Gasteiger partial charge on any atom is -0.370 e. The Balaban J connectivity index is 1.60. The van der Waals surface area contributed by atoms with Gasteiger partial charge >= 0.3 is 0 Å². The van der Waals surface area contributed by atoms with Gasteiger partial charge in [-0.05, 0) is 24.4 Å². The van der Waals surface area contributed by atoms with Crippen molar-refractivity contribution in [1.29, 1.82) is 0 Å². The third-order valence-corrected chi connectivity index (χ3v) is 3.46. The fourth-order valence-electron chi connectivity index (χ4n) is 2.07. The van der Waals surface area contributed by atoms with Gasteiger partial charge in [0.05, 0.1) is 26.2 Å². The van der Waals surface area contributed by atoms with Crippen LogP contribution in [0.1, 0.15) is 6.42 Å². The Kier molecular flexibility index (Phi) is 6.39. The lowest BCUT2D eigenvalue weighted by Gasteiger charge is -2.23. The van der Waals surface area contributed by atoms with E-state index in [1.54, 1.807) is 0 Å². The van der Waals surface area contributed by atoms with Crippen LogP contribution in [0.4, 0.5) is 5.69 Å². The van der Waals surface area contributed by atoms with Crippen LogP contribution in [0.5, 0.6) is 0 Å². The molecule has 6 nitrogen and oxygen atoms in total. The summed E-state index contributed by atoms with van der Waals surface area (Å²) in [6.45, 7) is 4.31. The fourth-order valence-corrected chi connectivity index (χ4v) is 2.24. The summed E-state index contributed by atoms with van der Waals surface area (Å²) in [5.41, 5.74) is 6.19. The van der Waals surface area contributed by atoms with Gasteiger partial charge in [-0.3, -0.25) is 15.6 Å². The number of morpholine rings is 1. The van der Waals surface area contributed by atoms with Crippen LogP contribution in [0.25, 0.3) is 0 Å². The summed E-state index contributed by atoms with van der Waals surface area (Å²) in [6.07, 6.45) is 0.469. The lowest BCUT2D eigenvalue weighted by atomic mass is 10.3. The Labute approximate surface area is 129 Å². The Morgan fingerprint density at radius 1 is 1.19 bits per heavy atom. The first-order valence-corrected chi connectivity index (χ1v) is 7.47. The molecule has 0 bridgehead atoms. The minimum atomic E-state index is -0.0637. The molecule has 0 unspecified atom stereocenters. The highest BCUT2D eigenvalue weighted by molar-refractivity contribution is 7.80. The summed E-state index contributed by atoms with van der Waals surface area (Å²) in [5, 5.41) is 3.36. The first kappa shape index (κ1) is 15.7. The molecule has 1 aromatic carbocycles. The molecule has 2 rings (SSSR count). The standard InChI is InChI=1S/C14H20N4O2S/c19-13(6-7-18-8-10-20-11-9-18)16-17-14(21)15-12-4-2-1-3-5-12/h1-5H,6-11H2,(H,16,19)(H2,15,17,21)/p+1. The summed E-state index contributed by atoms with van der Waals surface area (Å²) in [4.78, 5) is 13.1. The average molecular weight is 309 g/mol. The molecule has 0 spiro atoms. The maximum atomic E-state index is 11.7. The van der Waals surface area contributed by atoms with E-state index in [9.17, 15) is 4.79 Å². The molecule has 1 saturated heterocycles. The van der Waals surface area contributed by atoms with E-state index in [1.807, 2.05) is 30.3 Å². The third kappa shape index (κ3) is 6.07. The van der Waals surface area contributed by atoms with Crippen molar-refractivity contribution in [3.05, 3.63) is 30.3 Å². The van der Waals surface area contributed by atoms with Gasteiger partial charge in [0.1, 0.15) is 13.1 Å². The van der Waals surface area contributed by atoms with Gasteiger partial charge in [0, 0.05) is 5.69 Å². The number of thiocarbonyl (C=S) groups is 1. The molecule has 1 aliphatic rings. The SMILES string of the molecule is O=C(CC[NH+]1CCOCC1)NNC(=S)Nc1ccccc1. The van der Waals surface area contributed by atoms with Crippen molar-refractivity contribution in [2.75, 3.05) is 38.2 Å². The molecule has 7 heteroatoms. The van der Waals surface area contributed by atoms with Crippen LogP contribution >= 0.6 is 12.2 Å². The lowest BCUT2D eigenvalue weighted by Crippen LogP contribution is -3.14. The Morgan fingerprint density at radius 3 is 2.62 bits per heavy atom. The van der Waals surface area contributed by atoms with Crippen molar-refractivity contribution in [2.45, 2.75) is 6.42 Å². The molecule has 1 aromatic rings. The first-order valence-electron chi connectivity index (χ1n) is 7.06. The number of hydrogen-bond donors (Lipinski definition) is 4. The Morgan fingerprint density at radius 2 is 1.90 bits per heavy atom. The highest BCUT2D eigenvalue weighted by Crippen LogP contribution is 2.03. The highest BCUT2D eigenvalue weighted by atomic mass is 32.1. The fraction of sp³-hybridized carbons (Fsp3) is 0.429. The number of anilines is 1. The second-order valence-electron chi connectivity index (χ2n) is 4.86. The zero-order chi connectivity index (χ0) is 14.9. The number of nitrogens with one attached hydrogen (secondary N) is 4. The third-order valence-electron chi connectivity index (χ3n) is 3.25. The normalized spacial score (nSPS) is 15.2. The van der Waals surface area contributed by atoms with Gasteiger partial charge < -0.3 is 15.0 Å². The minimum absolute atomic E-state index is 0.0637. The maximum absolute atomic E-state index is 11.7. The molecule has 1 aliphatic heterocycles. The maximum Gasteiger partial charge on any atom is 0.244 e. The van der Waals surface area contributed by atoms with E-state index in [0.29, 0.717) is 11.5 Å². The molecule has 1 heterocycles. The molecular weight excluding hydrogens is 288 g/mol. The van der Waals surface area contributed by atoms with Gasteiger partial charge in [0.2, 0.25) is 5.91 Å². The number of rotatable bonds is 4. The number of hydrogen-bond acceptors (Lipinski definition) is 3. The summed E-state index contributed by atoms with van der Waals surface area (Å²) in [6, 6.07) is 9.55. The molecule has 1 fully saturated rings. The van der Waals surface area contributed by atoms with Crippen LogP contribution in [-0.2, 0) is 9.53 Å². The van der Waals surface area contributed by atoms with E-state index in [1.165, 1.54) is 4.90 Å². The van der Waals surface area contributed by atoms with Gasteiger partial charge in [-0.25, -0.2) is 0 Å². The molecule has 0 saturated carbocycles. The highest BCUT2D eigenvalue weighted by Gasteiger charge is 2.15. The van der Waals surface area contributed by atoms with E-state index in [0.717, 1.165) is 38.5 Å². The number of amides is 1. The van der Waals surface area contributed by atoms with Crippen molar-refractivity contribution < 1.29 is 14.4 Å². The van der Waals surface area contributed by atoms with E-state index in [-0.39, 0.29) is 5.91 Å². The molecule has 4 N–H and O–H groups in total. The van der Waals surface area contributed by atoms with Gasteiger partial charge in [0.15, 0.2) is 5.11 Å². The summed E-state index contributed by atoms with van der Waals surface area (Å²) in [7, 11) is 0. The zero-order valence-corrected chi connectivity index (χ0v) is 12.7. The summed E-state index contributed by atoms with van der Waals surface area (Å²) >= 11 is 5.11. The average Bonchev–Trinajstić information content (AvgIpc) is 2.53. The van der Waals surface area contributed by atoms with E-state index in [2.05, 4.69) is 16.2 Å². The second-order valence-corrected chi connectivity index (χ2v) is 5.26. The van der Waals surface area contributed by atoms with Gasteiger partial charge in [0.25, 0.3) is 0 Å². The van der Waals surface area contributed by atoms with Crippen LogP contribution in [0.3, 0.4) is 0 Å². The van der Waals surface area contributed by atoms with Crippen LogP contribution in [0.15, 0.2) is 30.3 Å². The molecule has 0 radical (unpaired) electrons. The van der Waals surface area contributed by atoms with Crippen LogP contribution < -0.4 is 21.1 Å². The predicted octanol–water partition coefficient (Wildman–Crippen LogP) is -0.691. The number of para-hydroxylation sites is 1. The lowest BCUT2D eigenvalue weighted by molar-refractivity contribution is -0.907. The number of carbonyl (C=O) groups is 1. The number of quaternary nitrogens is 1. The topological polar surface area (TPSA) is 66.8 Å². The van der Waals surface area contributed by atoms with Crippen molar-refractivity contribution in [3.8, 4) is 0 Å². The van der Waals surface area contributed by atoms with Crippen LogP contribution in [-0.4, -0.2) is 43.9 Å². The van der Waals surface area contributed by atoms with Gasteiger partial charge in [-0.2, -0.15) is 0 Å². The zero-order valence-electron chi connectivity index (χ0n) is 11.9. The smallest absolute Gasteiger partial charge is 0.244 e. The molecule has 114 valence electrons. The first-order chi connectivity index (χ1) is 10.2. The van der Waals surface area contributed by atoms with Crippen molar-refractivity contribution in [2.24, 2.45) is 0 Å². The number of ether oxygens (including phenoxy) is 1. The molecular formula is C14H21N4O2S+. The quantitative estimate of drug-likeness (QED) is 0.438. The van der Waals surface area contributed by atoms with E-state index < -0.39 is 0 Å². The molecule has 0 atom stereocenters. The summed E-state index contributed by atoms with van der Waals surface area (Å²) < 4.78 is 5.28. The monoisotopic (exact) mass is 309 g/mol. The molecule has 1 amide bonds. The van der Waals surface area contributed by atoms with Gasteiger partial charge in [-0.15, -0.1) is 0 Å². The van der Waals surface area contributed by atoms with Crippen molar-refractivity contribution >= 4 is 28.9 Å². The van der Waals surface area contributed by atoms with E-state index >= 15 is 0 Å². The van der Waals surface area contributed by atoms with E-state index in [4.69, 9.17) is 17.0 Å². The number of carbonyl (C=O) groups excluding carboxylic acids is 1. The number of hydrazine groups is 1. The van der Waals surface area contributed by atoms with Crippen molar-refractivity contribution in [1.82, 2.24) is 10.9 Å². The largest absolute Gasteiger partial charge is 0.370 e.